The lowest BCUT2D eigenvalue weighted by atomic mass is 10.1. The Morgan fingerprint density at radius 1 is 1.00 bits per heavy atom. The molecule has 0 radical (unpaired) electrons. The number of hydrogen-bond donors (Lipinski definition) is 1. The Kier molecular flexibility index (Phi) is 6.49. The van der Waals surface area contributed by atoms with E-state index in [0.29, 0.717) is 6.42 Å². The van der Waals surface area contributed by atoms with Gasteiger partial charge in [0.15, 0.2) is 0 Å². The number of primary amides is 1. The van der Waals surface area contributed by atoms with Crippen LogP contribution in [0.1, 0.15) is 23.1 Å². The number of hydrogen-bond acceptors (Lipinski definition) is 4. The molecule has 2 N–H and O–H groups in total. The molecule has 0 saturated carbocycles. The molecule has 31 heavy (non-hydrogen) atoms. The van der Waals surface area contributed by atoms with Gasteiger partial charge in [-0.05, 0) is 31.0 Å². The normalized spacial score (nSPS) is 15.3. The van der Waals surface area contributed by atoms with Crippen LogP contribution in [0.4, 0.5) is 0 Å². The molecule has 162 valence electrons. The molecule has 2 heterocycles. The van der Waals surface area contributed by atoms with E-state index < -0.39 is 0 Å². The Balaban J connectivity index is 1.56. The molecule has 1 amide bonds. The third-order valence-corrected chi connectivity index (χ3v) is 5.98. The molecule has 1 aliphatic rings. The van der Waals surface area contributed by atoms with Crippen LogP contribution in [0.25, 0.3) is 16.9 Å². The van der Waals surface area contributed by atoms with Crippen molar-refractivity contribution in [1.82, 2.24) is 19.6 Å². The lowest BCUT2D eigenvalue weighted by Gasteiger charge is -2.34. The summed E-state index contributed by atoms with van der Waals surface area (Å²) in [6.45, 7) is 9.72. The highest BCUT2D eigenvalue weighted by atomic mass is 16.1. The quantitative estimate of drug-likeness (QED) is 0.641. The van der Waals surface area contributed by atoms with Gasteiger partial charge in [0.05, 0.1) is 11.4 Å². The molecule has 2 aromatic carbocycles. The zero-order valence-corrected chi connectivity index (χ0v) is 18.4. The SMILES string of the molecule is Cc1ccc(C)c(-n2cc(CN3CCN(CCC(N)=O)CC3)c(-c3ccccc3)n2)c1. The maximum Gasteiger partial charge on any atom is 0.218 e. The van der Waals surface area contributed by atoms with Gasteiger partial charge in [-0.2, -0.15) is 5.10 Å². The second-order valence-electron chi connectivity index (χ2n) is 8.44. The summed E-state index contributed by atoms with van der Waals surface area (Å²) >= 11 is 0. The number of nitrogens with zero attached hydrogens (tertiary/aromatic N) is 4. The van der Waals surface area contributed by atoms with E-state index >= 15 is 0 Å². The Bertz CT molecular complexity index is 1040. The molecule has 0 atom stereocenters. The molecule has 1 saturated heterocycles. The molecule has 1 aliphatic heterocycles. The largest absolute Gasteiger partial charge is 0.370 e. The summed E-state index contributed by atoms with van der Waals surface area (Å²) in [5.41, 5.74) is 12.3. The van der Waals surface area contributed by atoms with Crippen molar-refractivity contribution in [3.8, 4) is 16.9 Å². The van der Waals surface area contributed by atoms with Crippen molar-refractivity contribution in [3.63, 3.8) is 0 Å². The number of benzene rings is 2. The van der Waals surface area contributed by atoms with Gasteiger partial charge < -0.3 is 10.6 Å². The number of aryl methyl sites for hydroxylation is 2. The van der Waals surface area contributed by atoms with Gasteiger partial charge in [-0.3, -0.25) is 9.69 Å². The van der Waals surface area contributed by atoms with Crippen LogP contribution in [0.3, 0.4) is 0 Å². The van der Waals surface area contributed by atoms with Crippen molar-refractivity contribution in [3.05, 3.63) is 71.4 Å². The lowest BCUT2D eigenvalue weighted by molar-refractivity contribution is -0.118. The number of rotatable bonds is 7. The topological polar surface area (TPSA) is 67.4 Å². The molecule has 1 aromatic heterocycles. The fraction of sp³-hybridized carbons (Fsp3) is 0.360. The summed E-state index contributed by atoms with van der Waals surface area (Å²) in [5.74, 6) is -0.228. The minimum Gasteiger partial charge on any atom is -0.370 e. The first-order chi connectivity index (χ1) is 15.0. The van der Waals surface area contributed by atoms with Crippen molar-refractivity contribution in [2.45, 2.75) is 26.8 Å². The van der Waals surface area contributed by atoms with Gasteiger partial charge >= 0.3 is 0 Å². The Hall–Kier alpha value is -2.96. The summed E-state index contributed by atoms with van der Waals surface area (Å²) in [5, 5.41) is 5.01. The van der Waals surface area contributed by atoms with E-state index in [9.17, 15) is 4.79 Å². The van der Waals surface area contributed by atoms with Crippen molar-refractivity contribution < 1.29 is 4.79 Å². The number of carbonyl (C=O) groups excluding carboxylic acids is 1. The Morgan fingerprint density at radius 3 is 2.42 bits per heavy atom. The van der Waals surface area contributed by atoms with E-state index in [2.05, 4.69) is 72.3 Å². The summed E-state index contributed by atoms with van der Waals surface area (Å²) < 4.78 is 2.03. The van der Waals surface area contributed by atoms with Gasteiger partial charge in [0.1, 0.15) is 0 Å². The van der Waals surface area contributed by atoms with Crippen LogP contribution in [-0.4, -0.2) is 58.2 Å². The van der Waals surface area contributed by atoms with Crippen molar-refractivity contribution in [1.29, 1.82) is 0 Å². The fourth-order valence-corrected chi connectivity index (χ4v) is 4.13. The van der Waals surface area contributed by atoms with Gasteiger partial charge in [0, 0.05) is 63.0 Å². The zero-order chi connectivity index (χ0) is 21.8. The van der Waals surface area contributed by atoms with Crippen molar-refractivity contribution >= 4 is 5.91 Å². The first-order valence-electron chi connectivity index (χ1n) is 10.9. The highest BCUT2D eigenvalue weighted by Gasteiger charge is 2.20. The van der Waals surface area contributed by atoms with Gasteiger partial charge in [-0.1, -0.05) is 42.5 Å². The molecule has 1 fully saturated rings. The fourth-order valence-electron chi connectivity index (χ4n) is 4.13. The average molecular weight is 418 g/mol. The second kappa shape index (κ2) is 9.45. The summed E-state index contributed by atoms with van der Waals surface area (Å²) in [7, 11) is 0. The van der Waals surface area contributed by atoms with Crippen LogP contribution in [0.15, 0.2) is 54.7 Å². The maximum absolute atomic E-state index is 11.1. The third kappa shape index (κ3) is 5.21. The van der Waals surface area contributed by atoms with Gasteiger partial charge in [0.2, 0.25) is 5.91 Å². The third-order valence-electron chi connectivity index (χ3n) is 5.98. The van der Waals surface area contributed by atoms with Gasteiger partial charge in [0.25, 0.3) is 0 Å². The highest BCUT2D eigenvalue weighted by molar-refractivity contribution is 5.73. The van der Waals surface area contributed by atoms with Crippen LogP contribution in [-0.2, 0) is 11.3 Å². The monoisotopic (exact) mass is 417 g/mol. The van der Waals surface area contributed by atoms with Crippen LogP contribution < -0.4 is 5.73 Å². The number of piperazine rings is 1. The number of nitrogens with two attached hydrogens (primary N) is 1. The van der Waals surface area contributed by atoms with Crippen molar-refractivity contribution in [2.24, 2.45) is 5.73 Å². The minimum absolute atomic E-state index is 0.228. The van der Waals surface area contributed by atoms with Gasteiger partial charge in [-0.25, -0.2) is 4.68 Å². The molecule has 4 rings (SSSR count). The molecule has 0 bridgehead atoms. The predicted octanol–water partition coefficient (Wildman–Crippen LogP) is 3.15. The van der Waals surface area contributed by atoms with E-state index in [4.69, 9.17) is 10.8 Å². The summed E-state index contributed by atoms with van der Waals surface area (Å²) in [6.07, 6.45) is 2.62. The van der Waals surface area contributed by atoms with Crippen LogP contribution >= 0.6 is 0 Å². The molecular weight excluding hydrogens is 386 g/mol. The second-order valence-corrected chi connectivity index (χ2v) is 8.44. The predicted molar refractivity (Wildman–Crippen MR) is 124 cm³/mol. The molecule has 3 aromatic rings. The van der Waals surface area contributed by atoms with E-state index in [1.807, 2.05) is 10.7 Å². The summed E-state index contributed by atoms with van der Waals surface area (Å²) in [6, 6.07) is 16.9. The zero-order valence-electron chi connectivity index (χ0n) is 18.4. The molecule has 0 spiro atoms. The van der Waals surface area contributed by atoms with E-state index in [-0.39, 0.29) is 5.91 Å². The molecule has 6 heteroatoms. The number of carbonyl (C=O) groups is 1. The maximum atomic E-state index is 11.1. The molecular formula is C25H31N5O. The van der Waals surface area contributed by atoms with E-state index in [1.165, 1.54) is 16.7 Å². The molecule has 0 aliphatic carbocycles. The number of amides is 1. The van der Waals surface area contributed by atoms with E-state index in [1.54, 1.807) is 0 Å². The van der Waals surface area contributed by atoms with Crippen LogP contribution in [0, 0.1) is 13.8 Å². The smallest absolute Gasteiger partial charge is 0.218 e. The average Bonchev–Trinajstić information content (AvgIpc) is 3.19. The lowest BCUT2D eigenvalue weighted by Crippen LogP contribution is -2.46. The molecule has 6 nitrogen and oxygen atoms in total. The first kappa shape index (κ1) is 21.3. The standard InChI is InChI=1S/C25H31N5O/c1-19-8-9-20(2)23(16-19)30-18-22(25(27-30)21-6-4-3-5-7-21)17-29-14-12-28(13-15-29)11-10-24(26)31/h3-9,16,18H,10-15,17H2,1-2H3,(H2,26,31). The highest BCUT2D eigenvalue weighted by Crippen LogP contribution is 2.26. The van der Waals surface area contributed by atoms with E-state index in [0.717, 1.165) is 56.2 Å². The van der Waals surface area contributed by atoms with Gasteiger partial charge in [-0.15, -0.1) is 0 Å². The van der Waals surface area contributed by atoms with Crippen molar-refractivity contribution in [2.75, 3.05) is 32.7 Å². The van der Waals surface area contributed by atoms with Crippen LogP contribution in [0.2, 0.25) is 0 Å². The minimum atomic E-state index is -0.228. The molecule has 0 unspecified atom stereocenters. The Labute approximate surface area is 184 Å². The van der Waals surface area contributed by atoms with Crippen LogP contribution in [0.5, 0.6) is 0 Å². The Morgan fingerprint density at radius 2 is 1.71 bits per heavy atom. The first-order valence-corrected chi connectivity index (χ1v) is 10.9. The summed E-state index contributed by atoms with van der Waals surface area (Å²) in [4.78, 5) is 15.8. The number of aromatic nitrogens is 2.